The molecule has 0 bridgehead atoms. The summed E-state index contributed by atoms with van der Waals surface area (Å²) in [5, 5.41) is 5.05. The van der Waals surface area contributed by atoms with E-state index in [0.29, 0.717) is 30.6 Å². The lowest BCUT2D eigenvalue weighted by Gasteiger charge is -2.31. The lowest BCUT2D eigenvalue weighted by molar-refractivity contribution is -0.136. The van der Waals surface area contributed by atoms with Gasteiger partial charge in [-0.25, -0.2) is 8.78 Å². The van der Waals surface area contributed by atoms with E-state index in [4.69, 9.17) is 0 Å². The van der Waals surface area contributed by atoms with Crippen molar-refractivity contribution in [2.24, 2.45) is 0 Å². The average Bonchev–Trinajstić information content (AvgIpc) is 2.97. The fourth-order valence-corrected chi connectivity index (χ4v) is 4.36. The lowest BCUT2D eigenvalue weighted by atomic mass is 10.0. The minimum atomic E-state index is -2.83. The number of carbonyl (C=O) groups is 3. The Balaban J connectivity index is 1.54. The summed E-state index contributed by atoms with van der Waals surface area (Å²) in [7, 11) is 0. The Morgan fingerprint density at radius 1 is 1.21 bits per heavy atom. The summed E-state index contributed by atoms with van der Waals surface area (Å²) >= 11 is 0. The van der Waals surface area contributed by atoms with E-state index < -0.39 is 17.9 Å². The minimum absolute atomic E-state index is 0.195. The predicted molar refractivity (Wildman–Crippen MR) is 100 cm³/mol. The van der Waals surface area contributed by atoms with Crippen LogP contribution in [0.15, 0.2) is 18.2 Å². The predicted octanol–water partition coefficient (Wildman–Crippen LogP) is 0.878. The Kier molecular flexibility index (Phi) is 5.35. The molecule has 7 nitrogen and oxygen atoms in total. The largest absolute Gasteiger partial charge is 0.322 e. The molecule has 0 radical (unpaired) electrons. The maximum Gasteiger partial charge on any atom is 0.272 e. The van der Waals surface area contributed by atoms with Gasteiger partial charge in [0.15, 0.2) is 0 Å². The van der Waals surface area contributed by atoms with Gasteiger partial charge < -0.3 is 10.2 Å². The molecular formula is C20H24F2N4O3. The van der Waals surface area contributed by atoms with Crippen molar-refractivity contribution >= 4 is 17.7 Å². The summed E-state index contributed by atoms with van der Waals surface area (Å²) < 4.78 is 28.2. The average molecular weight is 406 g/mol. The minimum Gasteiger partial charge on any atom is -0.322 e. The molecule has 1 aromatic rings. The molecule has 3 aliphatic heterocycles. The maximum absolute atomic E-state index is 14.1. The van der Waals surface area contributed by atoms with Crippen molar-refractivity contribution in [3.63, 3.8) is 0 Å². The summed E-state index contributed by atoms with van der Waals surface area (Å²) in [6.07, 6.45) is 1.24. The van der Waals surface area contributed by atoms with Crippen LogP contribution in [-0.4, -0.2) is 65.7 Å². The highest BCUT2D eigenvalue weighted by molar-refractivity contribution is 6.05. The first kappa shape index (κ1) is 19.9. The van der Waals surface area contributed by atoms with Gasteiger partial charge in [-0.15, -0.1) is 0 Å². The van der Waals surface area contributed by atoms with Crippen LogP contribution in [0.2, 0.25) is 0 Å². The van der Waals surface area contributed by atoms with E-state index in [1.807, 2.05) is 12.1 Å². The highest BCUT2D eigenvalue weighted by atomic mass is 19.3. The standard InChI is InChI=1S/C20H24F2N4O3/c21-20(22)11-23-7-2-8-25(12-20)9-13-3-1-4-14-10-26(19(29)17(13)14)15-5-6-16(27)24-18(15)28/h1,3-4,15,23H,2,5-12H2,(H,24,27,28). The Bertz CT molecular complexity index is 845. The number of piperidine rings is 1. The van der Waals surface area contributed by atoms with Gasteiger partial charge in [-0.1, -0.05) is 18.2 Å². The van der Waals surface area contributed by atoms with Crippen LogP contribution in [0.1, 0.15) is 40.7 Å². The quantitative estimate of drug-likeness (QED) is 0.729. The fraction of sp³-hybridized carbons (Fsp3) is 0.550. The molecule has 3 aliphatic rings. The Morgan fingerprint density at radius 2 is 2.03 bits per heavy atom. The molecule has 3 amide bonds. The molecule has 2 saturated heterocycles. The van der Waals surface area contributed by atoms with Gasteiger partial charge in [0.05, 0.1) is 13.1 Å². The number of fused-ring (bicyclic) bond motifs is 1. The smallest absolute Gasteiger partial charge is 0.272 e. The van der Waals surface area contributed by atoms with Crippen LogP contribution in [0.5, 0.6) is 0 Å². The van der Waals surface area contributed by atoms with Crippen LogP contribution in [0.4, 0.5) is 8.78 Å². The van der Waals surface area contributed by atoms with Gasteiger partial charge in [-0.05, 0) is 37.1 Å². The molecule has 156 valence electrons. The number of amides is 3. The molecule has 1 unspecified atom stereocenters. The van der Waals surface area contributed by atoms with E-state index in [2.05, 4.69) is 10.6 Å². The Morgan fingerprint density at radius 3 is 2.83 bits per heavy atom. The summed E-state index contributed by atoms with van der Waals surface area (Å²) in [6, 6.07) is 4.76. The van der Waals surface area contributed by atoms with E-state index in [0.717, 1.165) is 12.0 Å². The van der Waals surface area contributed by atoms with Crippen molar-refractivity contribution in [1.82, 2.24) is 20.4 Å². The summed E-state index contributed by atoms with van der Waals surface area (Å²) in [6.45, 7) is 0.869. The second-order valence-electron chi connectivity index (χ2n) is 7.95. The van der Waals surface area contributed by atoms with Crippen LogP contribution in [0.25, 0.3) is 0 Å². The normalized spacial score (nSPS) is 25.4. The van der Waals surface area contributed by atoms with Crippen LogP contribution in [0.3, 0.4) is 0 Å². The number of halogens is 2. The second-order valence-corrected chi connectivity index (χ2v) is 7.95. The van der Waals surface area contributed by atoms with Crippen molar-refractivity contribution in [2.75, 3.05) is 26.2 Å². The monoisotopic (exact) mass is 406 g/mol. The molecule has 29 heavy (non-hydrogen) atoms. The number of imide groups is 1. The van der Waals surface area contributed by atoms with Crippen molar-refractivity contribution in [3.8, 4) is 0 Å². The van der Waals surface area contributed by atoms with Gasteiger partial charge in [0.1, 0.15) is 6.04 Å². The van der Waals surface area contributed by atoms with Gasteiger partial charge in [-0.3, -0.25) is 24.6 Å². The highest BCUT2D eigenvalue weighted by Crippen LogP contribution is 2.31. The van der Waals surface area contributed by atoms with Gasteiger partial charge in [0, 0.05) is 25.1 Å². The van der Waals surface area contributed by atoms with Gasteiger partial charge >= 0.3 is 0 Å². The first-order chi connectivity index (χ1) is 13.8. The molecule has 0 aliphatic carbocycles. The highest BCUT2D eigenvalue weighted by Gasteiger charge is 2.40. The van der Waals surface area contributed by atoms with E-state index >= 15 is 0 Å². The number of benzene rings is 1. The van der Waals surface area contributed by atoms with Crippen molar-refractivity contribution < 1.29 is 23.2 Å². The second kappa shape index (κ2) is 7.79. The Hall–Kier alpha value is -2.39. The molecule has 1 atom stereocenters. The van der Waals surface area contributed by atoms with Crippen LogP contribution in [-0.2, 0) is 22.7 Å². The van der Waals surface area contributed by atoms with Crippen molar-refractivity contribution in [3.05, 3.63) is 34.9 Å². The van der Waals surface area contributed by atoms with Crippen LogP contribution in [0, 0.1) is 0 Å². The van der Waals surface area contributed by atoms with E-state index in [1.165, 1.54) is 4.90 Å². The zero-order chi connectivity index (χ0) is 20.6. The van der Waals surface area contributed by atoms with Gasteiger partial charge in [-0.2, -0.15) is 0 Å². The van der Waals surface area contributed by atoms with Gasteiger partial charge in [0.25, 0.3) is 11.8 Å². The zero-order valence-electron chi connectivity index (χ0n) is 16.0. The van der Waals surface area contributed by atoms with Crippen LogP contribution >= 0.6 is 0 Å². The third kappa shape index (κ3) is 4.16. The number of nitrogens with one attached hydrogen (secondary N) is 2. The number of rotatable bonds is 3. The molecule has 0 aromatic heterocycles. The van der Waals surface area contributed by atoms with Crippen LogP contribution < -0.4 is 10.6 Å². The molecule has 9 heteroatoms. The first-order valence-electron chi connectivity index (χ1n) is 9.90. The summed E-state index contributed by atoms with van der Waals surface area (Å²) in [5.74, 6) is -3.89. The first-order valence-corrected chi connectivity index (χ1v) is 9.90. The summed E-state index contributed by atoms with van der Waals surface area (Å²) in [5.41, 5.74) is 1.99. The fourth-order valence-electron chi connectivity index (χ4n) is 4.36. The zero-order valence-corrected chi connectivity index (χ0v) is 16.0. The molecule has 3 heterocycles. The van der Waals surface area contributed by atoms with E-state index in [1.54, 1.807) is 11.0 Å². The maximum atomic E-state index is 14.1. The van der Waals surface area contributed by atoms with Gasteiger partial charge in [0.2, 0.25) is 11.8 Å². The van der Waals surface area contributed by atoms with Crippen molar-refractivity contribution in [1.29, 1.82) is 0 Å². The van der Waals surface area contributed by atoms with E-state index in [-0.39, 0.29) is 44.4 Å². The molecular weight excluding hydrogens is 382 g/mol. The topological polar surface area (TPSA) is 81.8 Å². The SMILES string of the molecule is O=C1CCC(N2Cc3cccc(CN4CCCNCC(F)(F)C4)c3C2=O)C(=O)N1. The number of alkyl halides is 2. The Labute approximate surface area is 167 Å². The third-order valence-electron chi connectivity index (χ3n) is 5.70. The molecule has 0 saturated carbocycles. The molecule has 1 aromatic carbocycles. The number of hydrogen-bond donors (Lipinski definition) is 2. The molecule has 0 spiro atoms. The van der Waals surface area contributed by atoms with Crippen molar-refractivity contribution in [2.45, 2.75) is 44.3 Å². The summed E-state index contributed by atoms with van der Waals surface area (Å²) in [4.78, 5) is 39.9. The molecule has 4 rings (SSSR count). The molecule has 2 N–H and O–H groups in total. The third-order valence-corrected chi connectivity index (χ3v) is 5.70. The number of carbonyl (C=O) groups excluding carboxylic acids is 3. The molecule has 2 fully saturated rings. The lowest BCUT2D eigenvalue weighted by Crippen LogP contribution is -2.52. The van der Waals surface area contributed by atoms with E-state index in [9.17, 15) is 23.2 Å². The number of nitrogens with zero attached hydrogens (tertiary/aromatic N) is 2. The number of hydrogen-bond acceptors (Lipinski definition) is 5.